The Hall–Kier alpha value is -1.51. The number of carbonyl (C=O) groups excluding carboxylic acids is 1. The highest BCUT2D eigenvalue weighted by atomic mass is 16.2. The van der Waals surface area contributed by atoms with Crippen molar-refractivity contribution in [2.45, 2.75) is 57.4 Å². The second-order valence-electron chi connectivity index (χ2n) is 8.16. The topological polar surface area (TPSA) is 41.1 Å². The van der Waals surface area contributed by atoms with Gasteiger partial charge in [-0.3, -0.25) is 4.79 Å². The molecule has 3 aliphatic carbocycles. The molecule has 3 nitrogen and oxygen atoms in total. The van der Waals surface area contributed by atoms with Crippen LogP contribution in [0.3, 0.4) is 0 Å². The second-order valence-corrected chi connectivity index (χ2v) is 8.16. The molecule has 2 N–H and O–H groups in total. The number of anilines is 2. The van der Waals surface area contributed by atoms with Gasteiger partial charge >= 0.3 is 0 Å². The number of carbonyl (C=O) groups is 1. The zero-order chi connectivity index (χ0) is 15.6. The molecular weight excluding hydrogens is 284 g/mol. The van der Waals surface area contributed by atoms with E-state index in [1.54, 1.807) is 0 Å². The Kier molecular flexibility index (Phi) is 3.01. The summed E-state index contributed by atoms with van der Waals surface area (Å²) in [6.45, 7) is 2.32. The Morgan fingerprint density at radius 2 is 2.04 bits per heavy atom. The number of nitrogens with one attached hydrogen (secondary N) is 2. The van der Waals surface area contributed by atoms with E-state index in [9.17, 15) is 4.79 Å². The average molecular weight is 310 g/mol. The van der Waals surface area contributed by atoms with Crippen LogP contribution in [0.2, 0.25) is 0 Å². The predicted molar refractivity (Wildman–Crippen MR) is 92.6 cm³/mol. The van der Waals surface area contributed by atoms with Crippen LogP contribution in [0.25, 0.3) is 0 Å². The zero-order valence-electron chi connectivity index (χ0n) is 13.8. The van der Waals surface area contributed by atoms with Crippen molar-refractivity contribution in [1.82, 2.24) is 0 Å². The monoisotopic (exact) mass is 310 g/mol. The summed E-state index contributed by atoms with van der Waals surface area (Å²) in [6, 6.07) is 7.18. The van der Waals surface area contributed by atoms with Crippen molar-refractivity contribution in [2.75, 3.05) is 10.6 Å². The summed E-state index contributed by atoms with van der Waals surface area (Å²) in [6.07, 6.45) is 7.59. The predicted octanol–water partition coefficient (Wildman–Crippen LogP) is 4.37. The first kappa shape index (κ1) is 13.9. The minimum Gasteiger partial charge on any atom is -0.382 e. The van der Waals surface area contributed by atoms with Gasteiger partial charge in [0.2, 0.25) is 5.91 Å². The maximum Gasteiger partial charge on any atom is 0.227 e. The Morgan fingerprint density at radius 1 is 1.22 bits per heavy atom. The van der Waals surface area contributed by atoms with Gasteiger partial charge in [0, 0.05) is 23.3 Å². The second kappa shape index (κ2) is 4.99. The first-order valence-electron chi connectivity index (χ1n) is 9.46. The van der Waals surface area contributed by atoms with Gasteiger partial charge in [-0.25, -0.2) is 0 Å². The molecule has 4 aliphatic rings. The van der Waals surface area contributed by atoms with Crippen LogP contribution < -0.4 is 10.6 Å². The largest absolute Gasteiger partial charge is 0.382 e. The smallest absolute Gasteiger partial charge is 0.227 e. The molecule has 5 rings (SSSR count). The summed E-state index contributed by atoms with van der Waals surface area (Å²) in [5.41, 5.74) is 3.79. The van der Waals surface area contributed by atoms with E-state index in [1.165, 1.54) is 36.9 Å². The first-order valence-corrected chi connectivity index (χ1v) is 9.46. The third-order valence-corrected chi connectivity index (χ3v) is 6.85. The minimum atomic E-state index is 0.213. The van der Waals surface area contributed by atoms with Crippen molar-refractivity contribution in [3.8, 4) is 0 Å². The maximum absolute atomic E-state index is 12.1. The SMILES string of the molecule is CCC1Nc2ccc(NC(=O)C3CC3)cc2C2C3CCC(C3)C12. The third-order valence-electron chi connectivity index (χ3n) is 6.85. The molecule has 1 aliphatic heterocycles. The van der Waals surface area contributed by atoms with Gasteiger partial charge in [-0.2, -0.15) is 0 Å². The Bertz CT molecular complexity index is 651. The molecule has 5 atom stereocenters. The van der Waals surface area contributed by atoms with Crippen molar-refractivity contribution in [1.29, 1.82) is 0 Å². The summed E-state index contributed by atoms with van der Waals surface area (Å²) in [5.74, 6) is 3.79. The number of amides is 1. The molecule has 5 unspecified atom stereocenters. The van der Waals surface area contributed by atoms with E-state index in [4.69, 9.17) is 0 Å². The maximum atomic E-state index is 12.1. The van der Waals surface area contributed by atoms with Gasteiger partial charge in [0.15, 0.2) is 0 Å². The quantitative estimate of drug-likeness (QED) is 0.870. The molecule has 122 valence electrons. The van der Waals surface area contributed by atoms with Gasteiger partial charge in [-0.1, -0.05) is 6.92 Å². The van der Waals surface area contributed by atoms with Crippen molar-refractivity contribution < 1.29 is 4.79 Å². The molecule has 3 heteroatoms. The molecule has 3 fully saturated rings. The fourth-order valence-corrected chi connectivity index (χ4v) is 5.68. The van der Waals surface area contributed by atoms with E-state index in [1.807, 2.05) is 0 Å². The highest BCUT2D eigenvalue weighted by Crippen LogP contribution is 2.61. The number of fused-ring (bicyclic) bond motifs is 7. The molecule has 23 heavy (non-hydrogen) atoms. The van der Waals surface area contributed by atoms with Crippen LogP contribution in [0.5, 0.6) is 0 Å². The van der Waals surface area contributed by atoms with Gasteiger partial charge in [-0.15, -0.1) is 0 Å². The van der Waals surface area contributed by atoms with Crippen molar-refractivity contribution in [3.63, 3.8) is 0 Å². The van der Waals surface area contributed by atoms with Gasteiger partial charge in [-0.05, 0) is 86.0 Å². The van der Waals surface area contributed by atoms with Crippen LogP contribution >= 0.6 is 0 Å². The summed E-state index contributed by atoms with van der Waals surface area (Å²) in [4.78, 5) is 12.1. The normalized spacial score (nSPS) is 37.0. The standard InChI is InChI=1S/C20H26N2O/c1-2-16-19-13-6-5-12(9-13)18(19)15-10-14(7-8-17(15)22-16)21-20(23)11-3-4-11/h7-8,10-13,16,18-19,22H,2-6,9H2,1H3,(H,21,23). The van der Waals surface area contributed by atoms with E-state index in [0.29, 0.717) is 12.0 Å². The molecule has 0 spiro atoms. The average Bonchev–Trinajstić information content (AvgIpc) is 3.23. The number of hydrogen-bond acceptors (Lipinski definition) is 2. The van der Waals surface area contributed by atoms with E-state index < -0.39 is 0 Å². The van der Waals surface area contributed by atoms with Gasteiger partial charge in [0.25, 0.3) is 0 Å². The molecule has 0 aromatic heterocycles. The Labute approximate surface area is 138 Å². The molecular formula is C20H26N2O. The van der Waals surface area contributed by atoms with E-state index in [-0.39, 0.29) is 11.8 Å². The summed E-state index contributed by atoms with van der Waals surface area (Å²) >= 11 is 0. The van der Waals surface area contributed by atoms with Crippen LogP contribution in [0.15, 0.2) is 18.2 Å². The summed E-state index contributed by atoms with van der Waals surface area (Å²) in [7, 11) is 0. The van der Waals surface area contributed by atoms with Gasteiger partial charge in [0.1, 0.15) is 0 Å². The molecule has 3 saturated carbocycles. The Morgan fingerprint density at radius 3 is 2.83 bits per heavy atom. The van der Waals surface area contributed by atoms with E-state index in [2.05, 4.69) is 35.8 Å². The van der Waals surface area contributed by atoms with Crippen LogP contribution in [-0.4, -0.2) is 11.9 Å². The fourth-order valence-electron chi connectivity index (χ4n) is 5.68. The van der Waals surface area contributed by atoms with Gasteiger partial charge < -0.3 is 10.6 Å². The Balaban J connectivity index is 1.49. The molecule has 1 amide bonds. The molecule has 1 aromatic rings. The molecule has 1 heterocycles. The lowest BCUT2D eigenvalue weighted by molar-refractivity contribution is -0.117. The van der Waals surface area contributed by atoms with E-state index >= 15 is 0 Å². The van der Waals surface area contributed by atoms with Crippen LogP contribution in [-0.2, 0) is 4.79 Å². The molecule has 0 saturated heterocycles. The fraction of sp³-hybridized carbons (Fsp3) is 0.650. The zero-order valence-corrected chi connectivity index (χ0v) is 13.8. The van der Waals surface area contributed by atoms with Crippen LogP contribution in [0.4, 0.5) is 11.4 Å². The van der Waals surface area contributed by atoms with Crippen molar-refractivity contribution >= 4 is 17.3 Å². The summed E-state index contributed by atoms with van der Waals surface area (Å²) in [5, 5.41) is 6.94. The highest BCUT2D eigenvalue weighted by Gasteiger charge is 2.53. The lowest BCUT2D eigenvalue weighted by Crippen LogP contribution is -2.40. The molecule has 1 aromatic carbocycles. The van der Waals surface area contributed by atoms with Gasteiger partial charge in [0.05, 0.1) is 0 Å². The number of benzene rings is 1. The lowest BCUT2D eigenvalue weighted by Gasteiger charge is -2.43. The lowest BCUT2D eigenvalue weighted by atomic mass is 9.69. The third kappa shape index (κ3) is 2.12. The first-order chi connectivity index (χ1) is 11.2. The summed E-state index contributed by atoms with van der Waals surface area (Å²) < 4.78 is 0. The van der Waals surface area contributed by atoms with E-state index in [0.717, 1.165) is 36.3 Å². The van der Waals surface area contributed by atoms with Crippen molar-refractivity contribution in [2.24, 2.45) is 23.7 Å². The molecule has 2 bridgehead atoms. The highest BCUT2D eigenvalue weighted by molar-refractivity contribution is 5.94. The van der Waals surface area contributed by atoms with Crippen LogP contribution in [0, 0.1) is 23.7 Å². The number of rotatable bonds is 3. The number of hydrogen-bond donors (Lipinski definition) is 2. The minimum absolute atomic E-state index is 0.213. The van der Waals surface area contributed by atoms with Crippen LogP contribution in [0.1, 0.15) is 56.9 Å². The molecule has 0 radical (unpaired) electrons. The van der Waals surface area contributed by atoms with Crippen molar-refractivity contribution in [3.05, 3.63) is 23.8 Å².